The Hall–Kier alpha value is -2.11. The fourth-order valence-electron chi connectivity index (χ4n) is 2.64. The predicted molar refractivity (Wildman–Crippen MR) is 75.3 cm³/mol. The normalized spacial score (nSPS) is 19.4. The van der Waals surface area contributed by atoms with Gasteiger partial charge in [-0.15, -0.1) is 0 Å². The molecule has 2 atom stereocenters. The van der Waals surface area contributed by atoms with E-state index in [1.165, 1.54) is 15.9 Å². The van der Waals surface area contributed by atoms with E-state index in [0.29, 0.717) is 24.9 Å². The van der Waals surface area contributed by atoms with Crippen LogP contribution in [0.1, 0.15) is 31.4 Å². The molecule has 114 valence electrons. The number of carbonyl (C=O) groups is 2. The predicted octanol–water partition coefficient (Wildman–Crippen LogP) is 2.49. The van der Waals surface area contributed by atoms with Crippen molar-refractivity contribution in [2.24, 2.45) is 0 Å². The zero-order valence-corrected chi connectivity index (χ0v) is 12.1. The first-order valence-electron chi connectivity index (χ1n) is 6.94. The molecule has 1 aromatic rings. The number of urea groups is 1. The van der Waals surface area contributed by atoms with E-state index in [1.54, 1.807) is 32.2 Å². The van der Waals surface area contributed by atoms with Gasteiger partial charge in [0.05, 0.1) is 6.04 Å². The number of nitrogens with zero attached hydrogens (tertiary/aromatic N) is 2. The van der Waals surface area contributed by atoms with Gasteiger partial charge in [-0.2, -0.15) is 0 Å². The van der Waals surface area contributed by atoms with Gasteiger partial charge >= 0.3 is 12.0 Å². The first-order chi connectivity index (χ1) is 9.93. The summed E-state index contributed by atoms with van der Waals surface area (Å²) < 4.78 is 13.8. The van der Waals surface area contributed by atoms with Crippen molar-refractivity contribution in [2.75, 3.05) is 13.6 Å². The molecule has 21 heavy (non-hydrogen) atoms. The van der Waals surface area contributed by atoms with Crippen LogP contribution < -0.4 is 0 Å². The lowest BCUT2D eigenvalue weighted by molar-refractivity contribution is -0.141. The van der Waals surface area contributed by atoms with Crippen molar-refractivity contribution in [3.05, 3.63) is 35.6 Å². The summed E-state index contributed by atoms with van der Waals surface area (Å²) in [5, 5.41) is 9.14. The molecule has 0 spiro atoms. The first-order valence-corrected chi connectivity index (χ1v) is 6.94. The Kier molecular flexibility index (Phi) is 4.45. The maximum Gasteiger partial charge on any atom is 0.326 e. The maximum absolute atomic E-state index is 13.8. The van der Waals surface area contributed by atoms with Crippen LogP contribution in [0.3, 0.4) is 0 Å². The number of carboxylic acids is 1. The average Bonchev–Trinajstić information content (AvgIpc) is 2.95. The molecule has 0 aromatic heterocycles. The second-order valence-electron chi connectivity index (χ2n) is 5.28. The van der Waals surface area contributed by atoms with Gasteiger partial charge in [-0.25, -0.2) is 14.0 Å². The summed E-state index contributed by atoms with van der Waals surface area (Å²) in [6, 6.07) is 4.65. The maximum atomic E-state index is 13.8. The molecule has 5 nitrogen and oxygen atoms in total. The Bertz CT molecular complexity index is 549. The minimum Gasteiger partial charge on any atom is -0.480 e. The third-order valence-corrected chi connectivity index (χ3v) is 4.02. The van der Waals surface area contributed by atoms with Gasteiger partial charge in [-0.05, 0) is 25.8 Å². The highest BCUT2D eigenvalue weighted by atomic mass is 19.1. The molecule has 0 saturated carbocycles. The zero-order valence-electron chi connectivity index (χ0n) is 12.1. The lowest BCUT2D eigenvalue weighted by Gasteiger charge is -2.32. The molecule has 1 fully saturated rings. The van der Waals surface area contributed by atoms with E-state index in [-0.39, 0.29) is 11.8 Å². The number of aliphatic carboxylic acids is 1. The Labute approximate surface area is 123 Å². The number of amides is 2. The van der Waals surface area contributed by atoms with E-state index in [2.05, 4.69) is 0 Å². The topological polar surface area (TPSA) is 60.9 Å². The van der Waals surface area contributed by atoms with Gasteiger partial charge in [-0.1, -0.05) is 18.2 Å². The van der Waals surface area contributed by atoms with E-state index in [0.717, 1.165) is 0 Å². The van der Waals surface area contributed by atoms with Crippen molar-refractivity contribution in [3.8, 4) is 0 Å². The molecular weight excluding hydrogens is 275 g/mol. The van der Waals surface area contributed by atoms with Crippen molar-refractivity contribution in [2.45, 2.75) is 31.8 Å². The molecule has 1 heterocycles. The number of hydrogen-bond donors (Lipinski definition) is 1. The van der Waals surface area contributed by atoms with Crippen molar-refractivity contribution in [1.29, 1.82) is 0 Å². The SMILES string of the molecule is CC(c1ccccc1F)N(C)C(=O)N1CCC[C@@H]1C(=O)O. The van der Waals surface area contributed by atoms with Gasteiger partial charge < -0.3 is 14.9 Å². The molecule has 1 N–H and O–H groups in total. The highest BCUT2D eigenvalue weighted by Crippen LogP contribution is 2.25. The highest BCUT2D eigenvalue weighted by molar-refractivity contribution is 5.83. The van der Waals surface area contributed by atoms with Gasteiger partial charge in [-0.3, -0.25) is 0 Å². The summed E-state index contributed by atoms with van der Waals surface area (Å²) in [6.07, 6.45) is 1.13. The fraction of sp³-hybridized carbons (Fsp3) is 0.467. The third kappa shape index (κ3) is 2.99. The molecule has 1 aromatic carbocycles. The second-order valence-corrected chi connectivity index (χ2v) is 5.28. The fourth-order valence-corrected chi connectivity index (χ4v) is 2.64. The van der Waals surface area contributed by atoms with E-state index in [4.69, 9.17) is 5.11 Å². The van der Waals surface area contributed by atoms with Gasteiger partial charge in [0, 0.05) is 19.2 Å². The summed E-state index contributed by atoms with van der Waals surface area (Å²) in [5.41, 5.74) is 0.416. The van der Waals surface area contributed by atoms with Crippen LogP contribution >= 0.6 is 0 Å². The standard InChI is InChI=1S/C15H19FN2O3/c1-10(11-6-3-4-7-12(11)16)17(2)15(21)18-9-5-8-13(18)14(19)20/h3-4,6-7,10,13H,5,8-9H2,1-2H3,(H,19,20)/t10?,13-/m1/s1. The van der Waals surface area contributed by atoms with E-state index in [9.17, 15) is 14.0 Å². The van der Waals surface area contributed by atoms with Crippen molar-refractivity contribution >= 4 is 12.0 Å². The van der Waals surface area contributed by atoms with Crippen LogP contribution in [-0.2, 0) is 4.79 Å². The molecule has 6 heteroatoms. The number of likely N-dealkylation sites (tertiary alicyclic amines) is 1. The summed E-state index contributed by atoms with van der Waals surface area (Å²) in [7, 11) is 1.57. The average molecular weight is 294 g/mol. The summed E-state index contributed by atoms with van der Waals surface area (Å²) in [4.78, 5) is 26.3. The van der Waals surface area contributed by atoms with Gasteiger partial charge in [0.25, 0.3) is 0 Å². The number of carboxylic acid groups (broad SMARTS) is 1. The van der Waals surface area contributed by atoms with Crippen molar-refractivity contribution in [1.82, 2.24) is 9.80 Å². The third-order valence-electron chi connectivity index (χ3n) is 4.02. The van der Waals surface area contributed by atoms with E-state index < -0.39 is 18.1 Å². The summed E-state index contributed by atoms with van der Waals surface area (Å²) in [6.45, 7) is 2.15. The van der Waals surface area contributed by atoms with Crippen LogP contribution in [0.25, 0.3) is 0 Å². The highest BCUT2D eigenvalue weighted by Gasteiger charge is 2.36. The smallest absolute Gasteiger partial charge is 0.326 e. The van der Waals surface area contributed by atoms with Gasteiger partial charge in [0.15, 0.2) is 0 Å². The molecule has 0 bridgehead atoms. The van der Waals surface area contributed by atoms with Crippen molar-refractivity contribution in [3.63, 3.8) is 0 Å². The van der Waals surface area contributed by atoms with Crippen LogP contribution in [0.15, 0.2) is 24.3 Å². The van der Waals surface area contributed by atoms with Gasteiger partial charge in [0.2, 0.25) is 0 Å². The first kappa shape index (κ1) is 15.3. The summed E-state index contributed by atoms with van der Waals surface area (Å²) in [5.74, 6) is -1.37. The molecule has 1 unspecified atom stereocenters. The number of hydrogen-bond acceptors (Lipinski definition) is 2. The molecule has 2 amide bonds. The Morgan fingerprint density at radius 2 is 2.10 bits per heavy atom. The quantitative estimate of drug-likeness (QED) is 0.931. The molecule has 1 saturated heterocycles. The van der Waals surface area contributed by atoms with Crippen LogP contribution in [0.2, 0.25) is 0 Å². The summed E-state index contributed by atoms with van der Waals surface area (Å²) >= 11 is 0. The van der Waals surface area contributed by atoms with E-state index >= 15 is 0 Å². The number of halogens is 1. The molecule has 2 rings (SSSR count). The Morgan fingerprint density at radius 1 is 1.43 bits per heavy atom. The largest absolute Gasteiger partial charge is 0.480 e. The van der Waals surface area contributed by atoms with Crippen LogP contribution in [0.4, 0.5) is 9.18 Å². The molecule has 1 aliphatic rings. The minimum atomic E-state index is -0.993. The Morgan fingerprint density at radius 3 is 2.71 bits per heavy atom. The Balaban J connectivity index is 2.16. The van der Waals surface area contributed by atoms with E-state index in [1.807, 2.05) is 0 Å². The van der Waals surface area contributed by atoms with Crippen LogP contribution in [0.5, 0.6) is 0 Å². The number of carbonyl (C=O) groups excluding carboxylic acids is 1. The van der Waals surface area contributed by atoms with Gasteiger partial charge in [0.1, 0.15) is 11.9 Å². The number of rotatable bonds is 3. The second kappa shape index (κ2) is 6.11. The molecule has 1 aliphatic heterocycles. The number of benzene rings is 1. The molecule has 0 aliphatic carbocycles. The molecular formula is C15H19FN2O3. The van der Waals surface area contributed by atoms with Crippen molar-refractivity contribution < 1.29 is 19.1 Å². The lowest BCUT2D eigenvalue weighted by atomic mass is 10.1. The lowest BCUT2D eigenvalue weighted by Crippen LogP contribution is -2.47. The molecule has 0 radical (unpaired) electrons. The van der Waals surface area contributed by atoms with Crippen LogP contribution in [-0.4, -0.2) is 46.5 Å². The minimum absolute atomic E-state index is 0.374. The van der Waals surface area contributed by atoms with Crippen LogP contribution in [0, 0.1) is 5.82 Å². The zero-order chi connectivity index (χ0) is 15.6. The monoisotopic (exact) mass is 294 g/mol.